The number of benzene rings is 1. The number of hydrogen-bond donors (Lipinski definition) is 0. The molecule has 2 heterocycles. The second-order valence-corrected chi connectivity index (χ2v) is 6.21. The molecule has 3 rings (SSSR count). The number of rotatable bonds is 4. The fourth-order valence-corrected chi connectivity index (χ4v) is 3.02. The van der Waals surface area contributed by atoms with Crippen molar-refractivity contribution in [3.63, 3.8) is 0 Å². The first-order chi connectivity index (χ1) is 11.0. The van der Waals surface area contributed by atoms with Gasteiger partial charge in [-0.05, 0) is 45.9 Å². The van der Waals surface area contributed by atoms with Crippen molar-refractivity contribution in [1.82, 2.24) is 9.47 Å². The summed E-state index contributed by atoms with van der Waals surface area (Å²) >= 11 is 0. The first-order valence-corrected chi connectivity index (χ1v) is 7.88. The topological polar surface area (TPSA) is 43.7 Å². The lowest BCUT2D eigenvalue weighted by Gasteiger charge is -2.31. The highest BCUT2D eigenvalue weighted by atomic mass is 16.7. The number of aromatic nitrogens is 1. The van der Waals surface area contributed by atoms with Gasteiger partial charge in [0.05, 0.1) is 11.3 Å². The molecule has 1 aliphatic heterocycles. The van der Waals surface area contributed by atoms with Crippen LogP contribution in [0.15, 0.2) is 36.7 Å². The van der Waals surface area contributed by atoms with Gasteiger partial charge in [0, 0.05) is 30.5 Å². The van der Waals surface area contributed by atoms with E-state index in [-0.39, 0.29) is 24.8 Å². The second-order valence-electron chi connectivity index (χ2n) is 6.21. The molecule has 5 nitrogen and oxygen atoms in total. The van der Waals surface area contributed by atoms with Crippen LogP contribution in [-0.2, 0) is 0 Å². The number of amides is 1. The predicted octanol–water partition coefficient (Wildman–Crippen LogP) is 3.47. The van der Waals surface area contributed by atoms with Gasteiger partial charge in [-0.1, -0.05) is 0 Å². The van der Waals surface area contributed by atoms with E-state index >= 15 is 0 Å². The molecule has 0 aliphatic carbocycles. The van der Waals surface area contributed by atoms with Crippen LogP contribution in [-0.4, -0.2) is 34.3 Å². The summed E-state index contributed by atoms with van der Waals surface area (Å²) in [6.45, 7) is 8.30. The maximum absolute atomic E-state index is 13.2. The van der Waals surface area contributed by atoms with Crippen molar-refractivity contribution in [3.05, 3.63) is 42.2 Å². The lowest BCUT2D eigenvalue weighted by Crippen LogP contribution is -2.42. The van der Waals surface area contributed by atoms with Gasteiger partial charge in [-0.3, -0.25) is 4.79 Å². The van der Waals surface area contributed by atoms with Crippen LogP contribution in [0.1, 0.15) is 38.1 Å². The molecule has 0 atom stereocenters. The molecular weight excluding hydrogens is 292 g/mol. The van der Waals surface area contributed by atoms with Crippen molar-refractivity contribution in [2.75, 3.05) is 6.79 Å². The van der Waals surface area contributed by atoms with E-state index in [2.05, 4.69) is 0 Å². The van der Waals surface area contributed by atoms with Crippen LogP contribution < -0.4 is 9.47 Å². The van der Waals surface area contributed by atoms with Crippen molar-refractivity contribution < 1.29 is 14.3 Å². The van der Waals surface area contributed by atoms with E-state index in [4.69, 9.17) is 9.47 Å². The van der Waals surface area contributed by atoms with E-state index in [0.29, 0.717) is 17.1 Å². The summed E-state index contributed by atoms with van der Waals surface area (Å²) < 4.78 is 12.9. The lowest BCUT2D eigenvalue weighted by atomic mass is 10.1. The Hall–Kier alpha value is -2.43. The van der Waals surface area contributed by atoms with Crippen LogP contribution in [0, 0.1) is 0 Å². The third-order valence-corrected chi connectivity index (χ3v) is 3.95. The van der Waals surface area contributed by atoms with Gasteiger partial charge in [0.1, 0.15) is 0 Å². The van der Waals surface area contributed by atoms with Gasteiger partial charge in [-0.25, -0.2) is 0 Å². The number of hydrogen-bond acceptors (Lipinski definition) is 3. The van der Waals surface area contributed by atoms with E-state index < -0.39 is 0 Å². The Morgan fingerprint density at radius 3 is 2.17 bits per heavy atom. The van der Waals surface area contributed by atoms with E-state index in [1.54, 1.807) is 6.07 Å². The summed E-state index contributed by atoms with van der Waals surface area (Å²) in [5, 5.41) is 0. The normalized spacial score (nSPS) is 13.0. The minimum absolute atomic E-state index is 0.00278. The summed E-state index contributed by atoms with van der Waals surface area (Å²) in [5.74, 6) is 1.29. The molecule has 2 aromatic rings. The SMILES string of the molecule is CC(C)N(C(=O)c1cc2c(cc1-n1cccc1)OCO2)C(C)C. The molecule has 0 spiro atoms. The minimum Gasteiger partial charge on any atom is -0.454 e. The third-order valence-electron chi connectivity index (χ3n) is 3.95. The van der Waals surface area contributed by atoms with Crippen LogP contribution in [0.4, 0.5) is 0 Å². The van der Waals surface area contributed by atoms with Gasteiger partial charge < -0.3 is 18.9 Å². The van der Waals surface area contributed by atoms with Crippen molar-refractivity contribution in [3.8, 4) is 17.2 Å². The Balaban J connectivity index is 2.12. The largest absolute Gasteiger partial charge is 0.454 e. The van der Waals surface area contributed by atoms with Gasteiger partial charge in [0.2, 0.25) is 6.79 Å². The molecule has 0 saturated carbocycles. The highest BCUT2D eigenvalue weighted by Gasteiger charge is 2.27. The zero-order chi connectivity index (χ0) is 16.6. The van der Waals surface area contributed by atoms with Gasteiger partial charge >= 0.3 is 0 Å². The summed E-state index contributed by atoms with van der Waals surface area (Å²) in [7, 11) is 0. The standard InChI is InChI=1S/C18H22N2O3/c1-12(2)20(13(3)4)18(21)14-9-16-17(23-11-22-16)10-15(14)19-7-5-6-8-19/h5-10,12-13H,11H2,1-4H3. The summed E-state index contributed by atoms with van der Waals surface area (Å²) in [5.41, 5.74) is 1.42. The molecule has 0 saturated heterocycles. The zero-order valence-electron chi connectivity index (χ0n) is 13.9. The molecule has 5 heteroatoms. The molecule has 1 aliphatic rings. The molecule has 1 aromatic heterocycles. The third kappa shape index (κ3) is 2.79. The fourth-order valence-electron chi connectivity index (χ4n) is 3.02. The number of carbonyl (C=O) groups is 1. The molecule has 0 unspecified atom stereocenters. The Morgan fingerprint density at radius 2 is 1.61 bits per heavy atom. The van der Waals surface area contributed by atoms with Crippen LogP contribution in [0.3, 0.4) is 0 Å². The summed E-state index contributed by atoms with van der Waals surface area (Å²) in [6, 6.07) is 7.76. The molecule has 0 fully saturated rings. The zero-order valence-corrected chi connectivity index (χ0v) is 13.9. The number of fused-ring (bicyclic) bond motifs is 1. The quantitative estimate of drug-likeness (QED) is 0.868. The molecule has 0 bridgehead atoms. The van der Waals surface area contributed by atoms with E-state index in [9.17, 15) is 4.79 Å². The Kier molecular flexibility index (Phi) is 4.03. The maximum atomic E-state index is 13.2. The maximum Gasteiger partial charge on any atom is 0.256 e. The van der Waals surface area contributed by atoms with Crippen molar-refractivity contribution >= 4 is 5.91 Å². The first-order valence-electron chi connectivity index (χ1n) is 7.88. The Morgan fingerprint density at radius 1 is 1.04 bits per heavy atom. The average molecular weight is 314 g/mol. The molecule has 0 N–H and O–H groups in total. The second kappa shape index (κ2) is 5.99. The number of carbonyl (C=O) groups excluding carboxylic acids is 1. The molecular formula is C18H22N2O3. The lowest BCUT2D eigenvalue weighted by molar-refractivity contribution is 0.0643. The number of ether oxygens (including phenoxy) is 2. The van der Waals surface area contributed by atoms with Crippen LogP contribution in [0.2, 0.25) is 0 Å². The van der Waals surface area contributed by atoms with Gasteiger partial charge in [0.15, 0.2) is 11.5 Å². The van der Waals surface area contributed by atoms with Crippen molar-refractivity contribution in [2.45, 2.75) is 39.8 Å². The predicted molar refractivity (Wildman–Crippen MR) is 88.3 cm³/mol. The molecule has 1 amide bonds. The highest BCUT2D eigenvalue weighted by molar-refractivity contribution is 5.99. The van der Waals surface area contributed by atoms with E-state index in [1.807, 2.05) is 67.8 Å². The smallest absolute Gasteiger partial charge is 0.256 e. The minimum atomic E-state index is -0.00278. The van der Waals surface area contributed by atoms with E-state index in [1.165, 1.54) is 0 Å². The fraction of sp³-hybridized carbons (Fsp3) is 0.389. The van der Waals surface area contributed by atoms with Crippen molar-refractivity contribution in [2.24, 2.45) is 0 Å². The highest BCUT2D eigenvalue weighted by Crippen LogP contribution is 2.37. The van der Waals surface area contributed by atoms with Crippen LogP contribution >= 0.6 is 0 Å². The molecule has 23 heavy (non-hydrogen) atoms. The van der Waals surface area contributed by atoms with Gasteiger partial charge in [0.25, 0.3) is 5.91 Å². The van der Waals surface area contributed by atoms with Gasteiger partial charge in [-0.15, -0.1) is 0 Å². The van der Waals surface area contributed by atoms with Crippen molar-refractivity contribution in [1.29, 1.82) is 0 Å². The Labute approximate surface area is 136 Å². The summed E-state index contributed by atoms with van der Waals surface area (Å²) in [6.07, 6.45) is 3.84. The van der Waals surface area contributed by atoms with E-state index in [0.717, 1.165) is 5.69 Å². The molecule has 122 valence electrons. The van der Waals surface area contributed by atoms with Crippen LogP contribution in [0.25, 0.3) is 5.69 Å². The average Bonchev–Trinajstić information content (AvgIpc) is 3.16. The van der Waals surface area contributed by atoms with Gasteiger partial charge in [-0.2, -0.15) is 0 Å². The summed E-state index contributed by atoms with van der Waals surface area (Å²) in [4.78, 5) is 15.0. The number of nitrogens with zero attached hydrogens (tertiary/aromatic N) is 2. The molecule has 0 radical (unpaired) electrons. The van der Waals surface area contributed by atoms with Crippen LogP contribution in [0.5, 0.6) is 11.5 Å². The monoisotopic (exact) mass is 314 g/mol. The Bertz CT molecular complexity index is 697. The molecule has 1 aromatic carbocycles. The first kappa shape index (κ1) is 15.5.